The summed E-state index contributed by atoms with van der Waals surface area (Å²) < 4.78 is 19.0. The molecule has 1 aliphatic rings. The largest absolute Gasteiger partial charge is 0.396 e. The van der Waals surface area contributed by atoms with Gasteiger partial charge in [0.25, 0.3) is 5.91 Å². The van der Waals surface area contributed by atoms with Crippen molar-refractivity contribution in [3.63, 3.8) is 0 Å². The standard InChI is InChI=1S/C13H17FN2O3/c1-8-2-3-12(19-8)13(18)16-11-6-9(4-5-17)15-7-10(11)14/h6-8,12,17H,2-5H2,1H3,(H,15,16,18). The zero-order valence-electron chi connectivity index (χ0n) is 10.7. The number of anilines is 1. The van der Waals surface area contributed by atoms with Gasteiger partial charge in [-0.25, -0.2) is 4.39 Å². The zero-order chi connectivity index (χ0) is 13.8. The molecule has 0 saturated carbocycles. The molecule has 1 amide bonds. The summed E-state index contributed by atoms with van der Waals surface area (Å²) >= 11 is 0. The number of aliphatic hydroxyl groups is 1. The zero-order valence-corrected chi connectivity index (χ0v) is 10.7. The van der Waals surface area contributed by atoms with Gasteiger partial charge in [0.2, 0.25) is 0 Å². The molecule has 2 atom stereocenters. The molecule has 1 fully saturated rings. The SMILES string of the molecule is CC1CCC(C(=O)Nc2cc(CCO)ncc2F)O1. The number of carbonyl (C=O) groups excluding carboxylic acids is 1. The van der Waals surface area contributed by atoms with Crippen molar-refractivity contribution in [3.8, 4) is 0 Å². The van der Waals surface area contributed by atoms with Gasteiger partial charge < -0.3 is 15.2 Å². The van der Waals surface area contributed by atoms with Crippen molar-refractivity contribution < 1.29 is 19.0 Å². The third kappa shape index (κ3) is 3.48. The smallest absolute Gasteiger partial charge is 0.253 e. The number of nitrogens with zero attached hydrogens (tertiary/aromatic N) is 1. The summed E-state index contributed by atoms with van der Waals surface area (Å²) in [5.41, 5.74) is 0.603. The summed E-state index contributed by atoms with van der Waals surface area (Å²) in [5, 5.41) is 11.3. The molecule has 2 N–H and O–H groups in total. The van der Waals surface area contributed by atoms with Gasteiger partial charge in [-0.05, 0) is 25.8 Å². The summed E-state index contributed by atoms with van der Waals surface area (Å²) in [7, 11) is 0. The normalized spacial score (nSPS) is 22.5. The number of aromatic nitrogens is 1. The fourth-order valence-electron chi connectivity index (χ4n) is 2.04. The first-order valence-electron chi connectivity index (χ1n) is 6.31. The lowest BCUT2D eigenvalue weighted by Crippen LogP contribution is -2.28. The molecule has 104 valence electrons. The molecule has 1 aliphatic heterocycles. The number of rotatable bonds is 4. The number of pyridine rings is 1. The molecule has 0 spiro atoms. The van der Waals surface area contributed by atoms with Gasteiger partial charge >= 0.3 is 0 Å². The fraction of sp³-hybridized carbons (Fsp3) is 0.538. The summed E-state index contributed by atoms with van der Waals surface area (Å²) in [6, 6.07) is 1.43. The van der Waals surface area contributed by atoms with Crippen LogP contribution in [-0.4, -0.2) is 34.8 Å². The Morgan fingerprint density at radius 1 is 1.63 bits per heavy atom. The molecule has 1 saturated heterocycles. The molecule has 1 aromatic heterocycles. The second-order valence-electron chi connectivity index (χ2n) is 4.63. The van der Waals surface area contributed by atoms with Crippen LogP contribution in [0.2, 0.25) is 0 Å². The number of hydrogen-bond acceptors (Lipinski definition) is 4. The second-order valence-corrected chi connectivity index (χ2v) is 4.63. The summed E-state index contributed by atoms with van der Waals surface area (Å²) in [6.07, 6.45) is 2.36. The van der Waals surface area contributed by atoms with E-state index in [1.807, 2.05) is 6.92 Å². The Hall–Kier alpha value is -1.53. The molecular formula is C13H17FN2O3. The van der Waals surface area contributed by atoms with Gasteiger partial charge in [-0.3, -0.25) is 9.78 Å². The highest BCUT2D eigenvalue weighted by molar-refractivity contribution is 5.94. The van der Waals surface area contributed by atoms with Crippen LogP contribution < -0.4 is 5.32 Å². The van der Waals surface area contributed by atoms with Gasteiger partial charge in [0.1, 0.15) is 6.10 Å². The Kier molecular flexibility index (Phi) is 4.44. The minimum atomic E-state index is -0.596. The number of ether oxygens (including phenoxy) is 1. The monoisotopic (exact) mass is 268 g/mol. The molecule has 19 heavy (non-hydrogen) atoms. The molecule has 5 nitrogen and oxygen atoms in total. The van der Waals surface area contributed by atoms with E-state index in [1.54, 1.807) is 0 Å². The highest BCUT2D eigenvalue weighted by atomic mass is 19.1. The van der Waals surface area contributed by atoms with E-state index < -0.39 is 11.9 Å². The van der Waals surface area contributed by atoms with Crippen LogP contribution in [-0.2, 0) is 16.0 Å². The molecule has 0 bridgehead atoms. The molecule has 6 heteroatoms. The molecule has 0 radical (unpaired) electrons. The van der Waals surface area contributed by atoms with E-state index >= 15 is 0 Å². The van der Waals surface area contributed by atoms with Gasteiger partial charge in [-0.1, -0.05) is 0 Å². The molecule has 2 rings (SSSR count). The minimum Gasteiger partial charge on any atom is -0.396 e. The highest BCUT2D eigenvalue weighted by Crippen LogP contribution is 2.21. The number of hydrogen-bond donors (Lipinski definition) is 2. The van der Waals surface area contributed by atoms with Crippen LogP contribution in [0.25, 0.3) is 0 Å². The minimum absolute atomic E-state index is 0.0583. The lowest BCUT2D eigenvalue weighted by atomic mass is 10.2. The third-order valence-corrected chi connectivity index (χ3v) is 3.06. The first-order chi connectivity index (χ1) is 9.10. The Bertz CT molecular complexity index is 467. The van der Waals surface area contributed by atoms with Crippen LogP contribution in [0.1, 0.15) is 25.5 Å². The maximum absolute atomic E-state index is 13.6. The fourth-order valence-corrected chi connectivity index (χ4v) is 2.04. The van der Waals surface area contributed by atoms with E-state index in [9.17, 15) is 9.18 Å². The number of halogens is 1. The van der Waals surface area contributed by atoms with Gasteiger partial charge in [0.15, 0.2) is 5.82 Å². The highest BCUT2D eigenvalue weighted by Gasteiger charge is 2.28. The van der Waals surface area contributed by atoms with Gasteiger partial charge in [0.05, 0.1) is 18.0 Å². The van der Waals surface area contributed by atoms with Crippen LogP contribution in [0.3, 0.4) is 0 Å². The van der Waals surface area contributed by atoms with Crippen molar-refractivity contribution in [1.29, 1.82) is 0 Å². The predicted molar refractivity (Wildman–Crippen MR) is 67.2 cm³/mol. The molecule has 1 aromatic rings. The van der Waals surface area contributed by atoms with E-state index in [0.29, 0.717) is 18.5 Å². The van der Waals surface area contributed by atoms with E-state index in [4.69, 9.17) is 9.84 Å². The molecule has 0 aromatic carbocycles. The van der Waals surface area contributed by atoms with E-state index in [-0.39, 0.29) is 24.3 Å². The van der Waals surface area contributed by atoms with Crippen LogP contribution >= 0.6 is 0 Å². The van der Waals surface area contributed by atoms with Crippen LogP contribution in [0.4, 0.5) is 10.1 Å². The lowest BCUT2D eigenvalue weighted by molar-refractivity contribution is -0.126. The van der Waals surface area contributed by atoms with Crippen molar-refractivity contribution in [2.24, 2.45) is 0 Å². The van der Waals surface area contributed by atoms with Crippen molar-refractivity contribution in [1.82, 2.24) is 4.98 Å². The van der Waals surface area contributed by atoms with E-state index in [0.717, 1.165) is 12.6 Å². The van der Waals surface area contributed by atoms with Crippen molar-refractivity contribution in [2.75, 3.05) is 11.9 Å². The van der Waals surface area contributed by atoms with Gasteiger partial charge in [-0.2, -0.15) is 0 Å². The third-order valence-electron chi connectivity index (χ3n) is 3.06. The average Bonchev–Trinajstić information content (AvgIpc) is 2.80. The summed E-state index contributed by atoms with van der Waals surface area (Å²) in [6.45, 7) is 1.83. The maximum atomic E-state index is 13.6. The summed E-state index contributed by atoms with van der Waals surface area (Å²) in [4.78, 5) is 15.7. The summed E-state index contributed by atoms with van der Waals surface area (Å²) in [5.74, 6) is -0.939. The van der Waals surface area contributed by atoms with Gasteiger partial charge in [0, 0.05) is 18.7 Å². The Labute approximate surface area is 110 Å². The Morgan fingerprint density at radius 2 is 2.42 bits per heavy atom. The molecule has 2 heterocycles. The Morgan fingerprint density at radius 3 is 3.05 bits per heavy atom. The number of carbonyl (C=O) groups is 1. The number of amides is 1. The predicted octanol–water partition coefficient (Wildman–Crippen LogP) is 1.26. The van der Waals surface area contributed by atoms with Crippen LogP contribution in [0.15, 0.2) is 12.3 Å². The van der Waals surface area contributed by atoms with Crippen LogP contribution in [0.5, 0.6) is 0 Å². The van der Waals surface area contributed by atoms with Gasteiger partial charge in [-0.15, -0.1) is 0 Å². The maximum Gasteiger partial charge on any atom is 0.253 e. The quantitative estimate of drug-likeness (QED) is 0.862. The first kappa shape index (κ1) is 13.9. The van der Waals surface area contributed by atoms with E-state index in [2.05, 4.69) is 10.3 Å². The second kappa shape index (κ2) is 6.08. The van der Waals surface area contributed by atoms with Crippen molar-refractivity contribution >= 4 is 11.6 Å². The lowest BCUT2D eigenvalue weighted by Gasteiger charge is -2.12. The molecule has 2 unspecified atom stereocenters. The Balaban J connectivity index is 2.05. The van der Waals surface area contributed by atoms with Crippen LogP contribution in [0, 0.1) is 5.82 Å². The van der Waals surface area contributed by atoms with E-state index in [1.165, 1.54) is 6.07 Å². The number of aliphatic hydroxyl groups excluding tert-OH is 1. The topological polar surface area (TPSA) is 71.5 Å². The number of nitrogens with one attached hydrogen (secondary N) is 1. The van der Waals surface area contributed by atoms with Crippen molar-refractivity contribution in [2.45, 2.75) is 38.4 Å². The molecule has 0 aliphatic carbocycles. The first-order valence-corrected chi connectivity index (χ1v) is 6.31. The average molecular weight is 268 g/mol. The molecular weight excluding hydrogens is 251 g/mol. The van der Waals surface area contributed by atoms with Crippen molar-refractivity contribution in [3.05, 3.63) is 23.8 Å².